The number of esters is 1. The molecule has 0 spiro atoms. The van der Waals surface area contributed by atoms with Crippen molar-refractivity contribution >= 4 is 16.0 Å². The molecule has 134 valence electrons. The number of carbonyl (C=O) groups excluding carboxylic acids is 1. The van der Waals surface area contributed by atoms with Crippen LogP contribution in [0.15, 0.2) is 47.4 Å². The van der Waals surface area contributed by atoms with Gasteiger partial charge in [-0.2, -0.15) is 0 Å². The van der Waals surface area contributed by atoms with E-state index in [1.54, 1.807) is 7.11 Å². The van der Waals surface area contributed by atoms with Gasteiger partial charge in [0.1, 0.15) is 16.4 Å². The molecule has 0 radical (unpaired) electrons. The van der Waals surface area contributed by atoms with Crippen molar-refractivity contribution in [1.29, 1.82) is 0 Å². The molecule has 0 aromatic heterocycles. The number of nitrogens with two attached hydrogens (primary N) is 1. The van der Waals surface area contributed by atoms with Crippen LogP contribution in [0.3, 0.4) is 0 Å². The summed E-state index contributed by atoms with van der Waals surface area (Å²) in [6.45, 7) is 0.155. The van der Waals surface area contributed by atoms with Crippen molar-refractivity contribution in [2.75, 3.05) is 20.8 Å². The van der Waals surface area contributed by atoms with Gasteiger partial charge in [0.05, 0.1) is 26.4 Å². The van der Waals surface area contributed by atoms with Gasteiger partial charge in [0, 0.05) is 6.42 Å². The number of hydrogen-bond acceptors (Lipinski definition) is 6. The molecule has 2 rings (SSSR count). The lowest BCUT2D eigenvalue weighted by Crippen LogP contribution is -2.15. The summed E-state index contributed by atoms with van der Waals surface area (Å²) in [6.07, 6.45) is 0.522. The van der Waals surface area contributed by atoms with Gasteiger partial charge in [-0.1, -0.05) is 12.1 Å². The number of hydrogen-bond donors (Lipinski definition) is 1. The molecule has 0 heterocycles. The highest BCUT2D eigenvalue weighted by Gasteiger charge is 2.18. The van der Waals surface area contributed by atoms with Crippen LogP contribution in [0.1, 0.15) is 15.9 Å². The third kappa shape index (κ3) is 4.94. The predicted molar refractivity (Wildman–Crippen MR) is 91.3 cm³/mol. The summed E-state index contributed by atoms with van der Waals surface area (Å²) < 4.78 is 38.3. The highest BCUT2D eigenvalue weighted by Crippen LogP contribution is 2.24. The van der Waals surface area contributed by atoms with E-state index in [4.69, 9.17) is 19.3 Å². The van der Waals surface area contributed by atoms with Crippen molar-refractivity contribution < 1.29 is 27.4 Å². The van der Waals surface area contributed by atoms with Gasteiger partial charge in [-0.15, -0.1) is 0 Å². The van der Waals surface area contributed by atoms with Gasteiger partial charge in [-0.3, -0.25) is 0 Å². The maximum absolute atomic E-state index is 12.1. The molecule has 0 atom stereocenters. The molecule has 0 aliphatic rings. The summed E-state index contributed by atoms with van der Waals surface area (Å²) in [5, 5.41) is 5.13. The van der Waals surface area contributed by atoms with Gasteiger partial charge in [-0.25, -0.2) is 18.4 Å². The largest absolute Gasteiger partial charge is 0.497 e. The van der Waals surface area contributed by atoms with Crippen LogP contribution < -0.4 is 14.6 Å². The number of sulfonamides is 1. The van der Waals surface area contributed by atoms with Crippen molar-refractivity contribution in [1.82, 2.24) is 0 Å². The third-order valence-corrected chi connectivity index (χ3v) is 4.42. The highest BCUT2D eigenvalue weighted by atomic mass is 32.2. The standard InChI is InChI=1S/C17H19NO6S/c1-22-14-6-3-12(4-7-14)9-10-24-17(19)13-5-8-15(23-2)16(11-13)25(18,20)21/h3-8,11H,9-10H2,1-2H3,(H2,18,20,21). The van der Waals surface area contributed by atoms with Crippen molar-refractivity contribution in [2.45, 2.75) is 11.3 Å². The summed E-state index contributed by atoms with van der Waals surface area (Å²) in [7, 11) is -1.12. The Labute approximate surface area is 146 Å². The molecule has 8 heteroatoms. The summed E-state index contributed by atoms with van der Waals surface area (Å²) in [5.74, 6) is 0.174. The molecule has 0 fully saturated rings. The average molecular weight is 365 g/mol. The molecule has 0 aliphatic heterocycles. The van der Waals surface area contributed by atoms with E-state index in [0.717, 1.165) is 17.4 Å². The van der Waals surface area contributed by atoms with Gasteiger partial charge in [0.25, 0.3) is 0 Å². The first-order valence-corrected chi connectivity index (χ1v) is 8.90. The Morgan fingerprint density at radius 1 is 1.04 bits per heavy atom. The van der Waals surface area contributed by atoms with Crippen molar-refractivity contribution in [3.8, 4) is 11.5 Å². The number of methoxy groups -OCH3 is 2. The molecular formula is C17H19NO6S. The molecule has 2 aromatic rings. The Morgan fingerprint density at radius 3 is 2.28 bits per heavy atom. The lowest BCUT2D eigenvalue weighted by atomic mass is 10.1. The van der Waals surface area contributed by atoms with Crippen LogP contribution >= 0.6 is 0 Å². The van der Waals surface area contributed by atoms with E-state index in [0.29, 0.717) is 6.42 Å². The first-order chi connectivity index (χ1) is 11.8. The summed E-state index contributed by atoms with van der Waals surface area (Å²) in [5.41, 5.74) is 1.06. The fraction of sp³-hybridized carbons (Fsp3) is 0.235. The summed E-state index contributed by atoms with van der Waals surface area (Å²) in [4.78, 5) is 11.8. The summed E-state index contributed by atoms with van der Waals surface area (Å²) in [6, 6.07) is 11.3. The molecule has 0 saturated heterocycles. The van der Waals surface area contributed by atoms with E-state index in [1.807, 2.05) is 24.3 Å². The second-order valence-electron chi connectivity index (χ2n) is 5.14. The Bertz CT molecular complexity index is 846. The molecule has 0 amide bonds. The number of benzene rings is 2. The van der Waals surface area contributed by atoms with Crippen molar-refractivity contribution in [2.24, 2.45) is 5.14 Å². The molecular weight excluding hydrogens is 346 g/mol. The molecule has 25 heavy (non-hydrogen) atoms. The Hall–Kier alpha value is -2.58. The van der Waals surface area contributed by atoms with Gasteiger partial charge in [-0.05, 0) is 35.9 Å². The van der Waals surface area contributed by atoms with Crippen LogP contribution in [0.2, 0.25) is 0 Å². The minimum Gasteiger partial charge on any atom is -0.497 e. The van der Waals surface area contributed by atoms with Crippen molar-refractivity contribution in [3.63, 3.8) is 0 Å². The lowest BCUT2D eigenvalue weighted by molar-refractivity contribution is 0.0509. The van der Waals surface area contributed by atoms with E-state index >= 15 is 0 Å². The molecule has 0 aliphatic carbocycles. The Morgan fingerprint density at radius 2 is 1.72 bits per heavy atom. The highest BCUT2D eigenvalue weighted by molar-refractivity contribution is 7.89. The SMILES string of the molecule is COc1ccc(CCOC(=O)c2ccc(OC)c(S(N)(=O)=O)c2)cc1. The maximum Gasteiger partial charge on any atom is 0.338 e. The van der Waals surface area contributed by atoms with Gasteiger partial charge in [0.2, 0.25) is 10.0 Å². The van der Waals surface area contributed by atoms with E-state index in [9.17, 15) is 13.2 Å². The lowest BCUT2D eigenvalue weighted by Gasteiger charge is -2.09. The zero-order valence-electron chi connectivity index (χ0n) is 13.9. The van der Waals surface area contributed by atoms with Gasteiger partial charge < -0.3 is 14.2 Å². The topological polar surface area (TPSA) is 105 Å². The quantitative estimate of drug-likeness (QED) is 0.750. The average Bonchev–Trinajstić information content (AvgIpc) is 2.61. The van der Waals surface area contributed by atoms with E-state index in [2.05, 4.69) is 0 Å². The van der Waals surface area contributed by atoms with Crippen LogP contribution in [0.25, 0.3) is 0 Å². The third-order valence-electron chi connectivity index (χ3n) is 3.49. The first kappa shape index (κ1) is 18.8. The zero-order chi connectivity index (χ0) is 18.4. The van der Waals surface area contributed by atoms with E-state index in [1.165, 1.54) is 19.2 Å². The first-order valence-electron chi connectivity index (χ1n) is 7.36. The Kier molecular flexibility index (Phi) is 6.00. The molecule has 0 unspecified atom stereocenters. The van der Waals surface area contributed by atoms with E-state index < -0.39 is 16.0 Å². The number of carbonyl (C=O) groups is 1. The minimum absolute atomic E-state index is 0.0669. The number of primary sulfonamides is 1. The monoisotopic (exact) mass is 365 g/mol. The molecule has 0 bridgehead atoms. The van der Waals surface area contributed by atoms with Crippen LogP contribution in [0.4, 0.5) is 0 Å². The second-order valence-corrected chi connectivity index (χ2v) is 6.67. The van der Waals surface area contributed by atoms with Gasteiger partial charge in [0.15, 0.2) is 0 Å². The van der Waals surface area contributed by atoms with Crippen molar-refractivity contribution in [3.05, 3.63) is 53.6 Å². The maximum atomic E-state index is 12.1. The molecule has 0 saturated carbocycles. The second kappa shape index (κ2) is 8.00. The number of ether oxygens (including phenoxy) is 3. The van der Waals surface area contributed by atoms with Crippen LogP contribution in [-0.4, -0.2) is 35.2 Å². The number of rotatable bonds is 7. The van der Waals surface area contributed by atoms with Gasteiger partial charge >= 0.3 is 5.97 Å². The smallest absolute Gasteiger partial charge is 0.338 e. The molecule has 2 aromatic carbocycles. The van der Waals surface area contributed by atoms with Crippen LogP contribution in [-0.2, 0) is 21.2 Å². The molecule has 2 N–H and O–H groups in total. The zero-order valence-corrected chi connectivity index (χ0v) is 14.7. The predicted octanol–water partition coefficient (Wildman–Crippen LogP) is 1.75. The van der Waals surface area contributed by atoms with Crippen LogP contribution in [0.5, 0.6) is 11.5 Å². The fourth-order valence-corrected chi connectivity index (χ4v) is 2.89. The molecule has 7 nitrogen and oxygen atoms in total. The van der Waals surface area contributed by atoms with E-state index in [-0.39, 0.29) is 22.8 Å². The van der Waals surface area contributed by atoms with Crippen LogP contribution in [0, 0.1) is 0 Å². The Balaban J connectivity index is 2.03. The minimum atomic E-state index is -4.02. The normalized spacial score (nSPS) is 11.0. The summed E-state index contributed by atoms with van der Waals surface area (Å²) >= 11 is 0. The fourth-order valence-electron chi connectivity index (χ4n) is 2.16.